The Kier molecular flexibility index (Phi) is 12.9. The highest BCUT2D eigenvalue weighted by Gasteiger charge is 2.26. The van der Waals surface area contributed by atoms with Crippen LogP contribution in [0.5, 0.6) is 0 Å². The van der Waals surface area contributed by atoms with Crippen LogP contribution in [-0.4, -0.2) is 15.0 Å². The third kappa shape index (κ3) is 9.09. The largest absolute Gasteiger partial charge is 0.297 e. The van der Waals surface area contributed by atoms with E-state index in [9.17, 15) is 8.42 Å². The van der Waals surface area contributed by atoms with Crippen molar-refractivity contribution in [1.82, 2.24) is 0 Å². The third-order valence-corrected chi connectivity index (χ3v) is 7.31. The van der Waals surface area contributed by atoms with Gasteiger partial charge in [-0.2, -0.15) is 8.42 Å². The fourth-order valence-corrected chi connectivity index (χ4v) is 5.66. The van der Waals surface area contributed by atoms with E-state index in [-0.39, 0.29) is 18.4 Å². The SMILES string of the molecule is CCCCCCCCCCCCc1cc(C(C)C)c(S(=O)(=O)OCC)c(C(C)C)c1. The van der Waals surface area contributed by atoms with Crippen LogP contribution in [0.25, 0.3) is 0 Å². The molecule has 3 nitrogen and oxygen atoms in total. The summed E-state index contributed by atoms with van der Waals surface area (Å²) in [7, 11) is -3.72. The van der Waals surface area contributed by atoms with E-state index in [1.807, 2.05) is 0 Å². The van der Waals surface area contributed by atoms with Crippen molar-refractivity contribution in [3.63, 3.8) is 0 Å². The summed E-state index contributed by atoms with van der Waals surface area (Å²) in [6.45, 7) is 12.4. The van der Waals surface area contributed by atoms with Crippen LogP contribution in [0, 0.1) is 0 Å². The molecule has 0 aliphatic carbocycles. The summed E-state index contributed by atoms with van der Waals surface area (Å²) in [5.41, 5.74) is 3.06. The molecule has 0 amide bonds. The molecule has 30 heavy (non-hydrogen) atoms. The predicted octanol–water partition coefficient (Wildman–Crippen LogP) is 8.12. The van der Waals surface area contributed by atoms with E-state index in [1.165, 1.54) is 69.8 Å². The van der Waals surface area contributed by atoms with E-state index < -0.39 is 10.1 Å². The Balaban J connectivity index is 2.74. The molecule has 1 aromatic carbocycles. The second-order valence-electron chi connectivity index (χ2n) is 9.21. The molecule has 1 rings (SSSR count). The molecule has 0 fully saturated rings. The molecule has 0 saturated carbocycles. The van der Waals surface area contributed by atoms with Crippen molar-refractivity contribution in [2.24, 2.45) is 0 Å². The number of unbranched alkanes of at least 4 members (excludes halogenated alkanes) is 9. The molecule has 0 atom stereocenters. The van der Waals surface area contributed by atoms with Crippen LogP contribution in [0.15, 0.2) is 17.0 Å². The second kappa shape index (κ2) is 14.2. The molecule has 0 aliphatic heterocycles. The van der Waals surface area contributed by atoms with E-state index in [2.05, 4.69) is 46.8 Å². The van der Waals surface area contributed by atoms with E-state index in [0.717, 1.165) is 17.5 Å². The zero-order valence-electron chi connectivity index (χ0n) is 20.4. The normalized spacial score (nSPS) is 12.3. The Labute approximate surface area is 187 Å². The van der Waals surface area contributed by atoms with E-state index in [0.29, 0.717) is 4.90 Å². The van der Waals surface area contributed by atoms with Crippen molar-refractivity contribution in [1.29, 1.82) is 0 Å². The topological polar surface area (TPSA) is 43.4 Å². The quantitative estimate of drug-likeness (QED) is 0.193. The molecule has 174 valence electrons. The lowest BCUT2D eigenvalue weighted by Crippen LogP contribution is -2.14. The lowest BCUT2D eigenvalue weighted by Gasteiger charge is -2.21. The van der Waals surface area contributed by atoms with Gasteiger partial charge in [0.05, 0.1) is 6.61 Å². The van der Waals surface area contributed by atoms with Gasteiger partial charge >= 0.3 is 0 Å². The average Bonchev–Trinajstić information content (AvgIpc) is 2.68. The lowest BCUT2D eigenvalue weighted by atomic mass is 9.91. The van der Waals surface area contributed by atoms with Gasteiger partial charge in [0.2, 0.25) is 0 Å². The van der Waals surface area contributed by atoms with Gasteiger partial charge < -0.3 is 0 Å². The monoisotopic (exact) mass is 438 g/mol. The lowest BCUT2D eigenvalue weighted by molar-refractivity contribution is 0.336. The summed E-state index contributed by atoms with van der Waals surface area (Å²) in [5, 5.41) is 0. The number of hydrogen-bond donors (Lipinski definition) is 0. The highest BCUT2D eigenvalue weighted by atomic mass is 32.2. The smallest absolute Gasteiger partial charge is 0.267 e. The Hall–Kier alpha value is -0.870. The van der Waals surface area contributed by atoms with Crippen LogP contribution >= 0.6 is 0 Å². The highest BCUT2D eigenvalue weighted by molar-refractivity contribution is 7.86. The number of rotatable bonds is 16. The van der Waals surface area contributed by atoms with E-state index >= 15 is 0 Å². The number of aryl methyl sites for hydroxylation is 1. The molecule has 0 N–H and O–H groups in total. The van der Waals surface area contributed by atoms with Crippen LogP contribution in [-0.2, 0) is 20.7 Å². The van der Waals surface area contributed by atoms with Crippen molar-refractivity contribution in [2.45, 2.75) is 129 Å². The zero-order chi connectivity index (χ0) is 22.6. The van der Waals surface area contributed by atoms with Crippen molar-refractivity contribution < 1.29 is 12.6 Å². The Morgan fingerprint density at radius 1 is 0.733 bits per heavy atom. The van der Waals surface area contributed by atoms with Crippen LogP contribution in [0.4, 0.5) is 0 Å². The van der Waals surface area contributed by atoms with Gasteiger partial charge in [-0.25, -0.2) is 0 Å². The first kappa shape index (κ1) is 27.2. The van der Waals surface area contributed by atoms with Gasteiger partial charge in [-0.3, -0.25) is 4.18 Å². The van der Waals surface area contributed by atoms with Gasteiger partial charge in [0.25, 0.3) is 10.1 Å². The standard InChI is InChI=1S/C26H46O3S/c1-7-9-10-11-12-13-14-15-16-17-18-23-19-24(21(3)4)26(25(20-23)22(5)6)30(27,28)29-8-2/h19-22H,7-18H2,1-6H3. The summed E-state index contributed by atoms with van der Waals surface area (Å²) in [4.78, 5) is 0.404. The molecule has 1 aromatic rings. The summed E-state index contributed by atoms with van der Waals surface area (Å²) >= 11 is 0. The molecule has 0 radical (unpaired) electrons. The Morgan fingerprint density at radius 2 is 1.17 bits per heavy atom. The minimum Gasteiger partial charge on any atom is -0.267 e. The summed E-state index contributed by atoms with van der Waals surface area (Å²) in [6, 6.07) is 4.21. The molecule has 0 heterocycles. The number of benzene rings is 1. The predicted molar refractivity (Wildman–Crippen MR) is 129 cm³/mol. The highest BCUT2D eigenvalue weighted by Crippen LogP contribution is 2.34. The van der Waals surface area contributed by atoms with Gasteiger partial charge in [-0.1, -0.05) is 105 Å². The second-order valence-corrected chi connectivity index (χ2v) is 10.8. The summed E-state index contributed by atoms with van der Waals surface area (Å²) in [6.07, 6.45) is 14.3. The van der Waals surface area contributed by atoms with Gasteiger partial charge in [0.1, 0.15) is 4.90 Å². The maximum atomic E-state index is 12.8. The Bertz CT molecular complexity index is 676. The van der Waals surface area contributed by atoms with E-state index in [1.54, 1.807) is 6.92 Å². The van der Waals surface area contributed by atoms with Crippen LogP contribution in [0.2, 0.25) is 0 Å². The first-order chi connectivity index (χ1) is 14.2. The molecule has 0 bridgehead atoms. The van der Waals surface area contributed by atoms with Crippen molar-refractivity contribution >= 4 is 10.1 Å². The van der Waals surface area contributed by atoms with Crippen molar-refractivity contribution in [3.8, 4) is 0 Å². The van der Waals surface area contributed by atoms with Crippen LogP contribution in [0.3, 0.4) is 0 Å². The third-order valence-electron chi connectivity index (χ3n) is 5.79. The first-order valence-corrected chi connectivity index (χ1v) is 13.7. The Morgan fingerprint density at radius 3 is 1.57 bits per heavy atom. The van der Waals surface area contributed by atoms with Gasteiger partial charge in [-0.15, -0.1) is 0 Å². The maximum Gasteiger partial charge on any atom is 0.297 e. The average molecular weight is 439 g/mol. The zero-order valence-corrected chi connectivity index (χ0v) is 21.2. The van der Waals surface area contributed by atoms with E-state index in [4.69, 9.17) is 4.18 Å². The maximum absolute atomic E-state index is 12.8. The van der Waals surface area contributed by atoms with Gasteiger partial charge in [-0.05, 0) is 48.3 Å². The first-order valence-electron chi connectivity index (χ1n) is 12.3. The molecular weight excluding hydrogens is 392 g/mol. The molecule has 0 saturated heterocycles. The fraction of sp³-hybridized carbons (Fsp3) is 0.769. The molecule has 4 heteroatoms. The summed E-state index contributed by atoms with van der Waals surface area (Å²) in [5.74, 6) is 0.278. The van der Waals surface area contributed by atoms with Crippen molar-refractivity contribution in [3.05, 3.63) is 28.8 Å². The molecular formula is C26H46O3S. The molecule has 0 spiro atoms. The summed E-state index contributed by atoms with van der Waals surface area (Å²) < 4.78 is 30.8. The molecule has 0 aliphatic rings. The van der Waals surface area contributed by atoms with Gasteiger partial charge in [0, 0.05) is 0 Å². The van der Waals surface area contributed by atoms with Crippen LogP contribution in [0.1, 0.15) is 134 Å². The van der Waals surface area contributed by atoms with Crippen molar-refractivity contribution in [2.75, 3.05) is 6.61 Å². The number of hydrogen-bond acceptors (Lipinski definition) is 3. The fourth-order valence-electron chi connectivity index (χ4n) is 4.06. The van der Waals surface area contributed by atoms with Gasteiger partial charge in [0.15, 0.2) is 0 Å². The minimum atomic E-state index is -3.72. The molecule has 0 aromatic heterocycles. The minimum absolute atomic E-state index is 0.139. The molecule has 0 unspecified atom stereocenters. The van der Waals surface area contributed by atoms with Crippen LogP contribution < -0.4 is 0 Å².